The molecule has 0 saturated carbocycles. The first-order valence-electron chi connectivity index (χ1n) is 7.22. The fourth-order valence-electron chi connectivity index (χ4n) is 3.21. The van der Waals surface area contributed by atoms with Crippen molar-refractivity contribution in [3.8, 4) is 11.3 Å². The molecule has 1 nitrogen and oxygen atoms in total. The fraction of sp³-hybridized carbons (Fsp3) is 0.211. The van der Waals surface area contributed by atoms with Gasteiger partial charge in [0.15, 0.2) is 0 Å². The molecule has 0 spiro atoms. The Balaban J connectivity index is 0.00000156. The van der Waals surface area contributed by atoms with Crippen molar-refractivity contribution in [3.05, 3.63) is 65.7 Å². The van der Waals surface area contributed by atoms with Crippen molar-refractivity contribution in [2.45, 2.75) is 25.2 Å². The standard InChI is InChI=1S/C19H14F2N.Ir/c1-18(2)14-9-5-4-8-13(14)17-15(19(18,20)21)11-12-7-3-6-10-16(12)22-17;/h3-7,9-11H,1-2H3;/q-1;. The number of hydrogen-bond acceptors (Lipinski definition) is 1. The first-order chi connectivity index (χ1) is 10.4. The third kappa shape index (κ3) is 2.09. The predicted molar refractivity (Wildman–Crippen MR) is 82.9 cm³/mol. The van der Waals surface area contributed by atoms with Crippen LogP contribution in [0, 0.1) is 6.07 Å². The number of alkyl halides is 2. The number of para-hydroxylation sites is 1. The molecule has 23 heavy (non-hydrogen) atoms. The van der Waals surface area contributed by atoms with E-state index in [9.17, 15) is 0 Å². The monoisotopic (exact) mass is 487 g/mol. The summed E-state index contributed by atoms with van der Waals surface area (Å²) in [6, 6.07) is 17.3. The summed E-state index contributed by atoms with van der Waals surface area (Å²) in [5, 5.41) is 0.733. The minimum absolute atomic E-state index is 0. The molecule has 0 atom stereocenters. The van der Waals surface area contributed by atoms with E-state index in [0.717, 1.165) is 10.9 Å². The molecule has 0 amide bonds. The summed E-state index contributed by atoms with van der Waals surface area (Å²) >= 11 is 0. The number of fused-ring (bicyclic) bond motifs is 4. The first kappa shape index (κ1) is 16.2. The van der Waals surface area contributed by atoms with Crippen LogP contribution in [0.1, 0.15) is 25.0 Å². The molecule has 2 aromatic carbocycles. The van der Waals surface area contributed by atoms with Gasteiger partial charge in [0.05, 0.1) is 5.52 Å². The van der Waals surface area contributed by atoms with Crippen LogP contribution < -0.4 is 0 Å². The number of aromatic nitrogens is 1. The molecule has 3 aromatic rings. The fourth-order valence-corrected chi connectivity index (χ4v) is 3.21. The average Bonchev–Trinajstić information content (AvgIpc) is 2.52. The van der Waals surface area contributed by atoms with Crippen molar-refractivity contribution >= 4 is 10.9 Å². The van der Waals surface area contributed by atoms with Gasteiger partial charge < -0.3 is 0 Å². The van der Waals surface area contributed by atoms with Crippen molar-refractivity contribution in [2.75, 3.05) is 0 Å². The predicted octanol–water partition coefficient (Wildman–Crippen LogP) is 5.08. The Morgan fingerprint density at radius 2 is 1.74 bits per heavy atom. The zero-order chi connectivity index (χ0) is 15.5. The van der Waals surface area contributed by atoms with Crippen molar-refractivity contribution in [1.29, 1.82) is 0 Å². The molecule has 4 rings (SSSR count). The van der Waals surface area contributed by atoms with Gasteiger partial charge in [-0.2, -0.15) is 0 Å². The smallest absolute Gasteiger partial charge is 0.268 e. The normalized spacial score (nSPS) is 17.0. The molecule has 0 N–H and O–H groups in total. The topological polar surface area (TPSA) is 12.9 Å². The minimum atomic E-state index is -2.98. The van der Waals surface area contributed by atoms with E-state index < -0.39 is 11.3 Å². The Hall–Kier alpha value is -1.64. The van der Waals surface area contributed by atoms with Crippen LogP contribution >= 0.6 is 0 Å². The molecule has 1 aliphatic carbocycles. The zero-order valence-electron chi connectivity index (χ0n) is 12.7. The number of benzene rings is 2. The van der Waals surface area contributed by atoms with E-state index in [4.69, 9.17) is 0 Å². The quantitative estimate of drug-likeness (QED) is 0.404. The second-order valence-corrected chi connectivity index (χ2v) is 6.24. The molecule has 119 valence electrons. The van der Waals surface area contributed by atoms with E-state index in [0.29, 0.717) is 16.8 Å². The summed E-state index contributed by atoms with van der Waals surface area (Å²) in [6.07, 6.45) is 0. The Morgan fingerprint density at radius 3 is 2.52 bits per heavy atom. The van der Waals surface area contributed by atoms with Crippen LogP contribution in [0.3, 0.4) is 0 Å². The van der Waals surface area contributed by atoms with Crippen LogP contribution in [0.5, 0.6) is 0 Å². The number of hydrogen-bond donors (Lipinski definition) is 0. The molecule has 0 unspecified atom stereocenters. The van der Waals surface area contributed by atoms with Crippen LogP contribution in [0.15, 0.2) is 48.5 Å². The van der Waals surface area contributed by atoms with E-state index in [1.54, 1.807) is 38.1 Å². The van der Waals surface area contributed by atoms with E-state index in [-0.39, 0.29) is 25.7 Å². The van der Waals surface area contributed by atoms with Crippen molar-refractivity contribution in [2.24, 2.45) is 0 Å². The average molecular weight is 487 g/mol. The van der Waals surface area contributed by atoms with Gasteiger partial charge in [-0.1, -0.05) is 38.1 Å². The van der Waals surface area contributed by atoms with Gasteiger partial charge in [0.25, 0.3) is 5.92 Å². The van der Waals surface area contributed by atoms with Gasteiger partial charge in [0.1, 0.15) is 0 Å². The summed E-state index contributed by atoms with van der Waals surface area (Å²) in [5.41, 5.74) is 1.04. The Morgan fingerprint density at radius 1 is 1.00 bits per heavy atom. The van der Waals surface area contributed by atoms with E-state index in [1.807, 2.05) is 24.3 Å². The molecule has 1 aromatic heterocycles. The number of nitrogens with zero attached hydrogens (tertiary/aromatic N) is 1. The van der Waals surface area contributed by atoms with E-state index in [2.05, 4.69) is 11.1 Å². The SMILES string of the molecule is CC1(C)c2ccc[c-]c2-c2nc3ccccc3cc2C1(F)F.[Ir]. The van der Waals surface area contributed by atoms with Crippen LogP contribution in [0.2, 0.25) is 0 Å². The third-order valence-electron chi connectivity index (χ3n) is 4.61. The van der Waals surface area contributed by atoms with Gasteiger partial charge in [0, 0.05) is 31.1 Å². The molecule has 1 radical (unpaired) electrons. The Bertz CT molecular complexity index is 903. The van der Waals surface area contributed by atoms with Gasteiger partial charge in [-0.3, -0.25) is 4.98 Å². The van der Waals surface area contributed by atoms with Crippen LogP contribution in [0.25, 0.3) is 22.2 Å². The molecule has 0 saturated heterocycles. The van der Waals surface area contributed by atoms with E-state index in [1.165, 1.54) is 0 Å². The molecule has 1 heterocycles. The second-order valence-electron chi connectivity index (χ2n) is 6.24. The minimum Gasteiger partial charge on any atom is -0.296 e. The van der Waals surface area contributed by atoms with Gasteiger partial charge in [-0.25, -0.2) is 8.78 Å². The van der Waals surface area contributed by atoms with Crippen LogP contribution in [-0.4, -0.2) is 4.98 Å². The summed E-state index contributed by atoms with van der Waals surface area (Å²) in [4.78, 5) is 4.51. The molecule has 0 fully saturated rings. The maximum atomic E-state index is 15.1. The summed E-state index contributed by atoms with van der Waals surface area (Å²) < 4.78 is 30.3. The number of rotatable bonds is 0. The maximum absolute atomic E-state index is 15.1. The van der Waals surface area contributed by atoms with Crippen molar-refractivity contribution < 1.29 is 28.9 Å². The molecule has 0 aliphatic heterocycles. The Kier molecular flexibility index (Phi) is 3.66. The third-order valence-corrected chi connectivity index (χ3v) is 4.61. The molecule has 0 bridgehead atoms. The number of halogens is 2. The Labute approximate surface area is 147 Å². The molecular weight excluding hydrogens is 472 g/mol. The van der Waals surface area contributed by atoms with Gasteiger partial charge in [-0.05, 0) is 17.1 Å². The van der Waals surface area contributed by atoms with Crippen LogP contribution in [0.4, 0.5) is 8.78 Å². The molecular formula is C19H14F2IrN-. The maximum Gasteiger partial charge on any atom is 0.268 e. The van der Waals surface area contributed by atoms with Gasteiger partial charge in [0.2, 0.25) is 0 Å². The second kappa shape index (κ2) is 5.19. The van der Waals surface area contributed by atoms with Crippen molar-refractivity contribution in [1.82, 2.24) is 4.98 Å². The number of pyridine rings is 1. The van der Waals surface area contributed by atoms with Crippen molar-refractivity contribution in [3.63, 3.8) is 0 Å². The summed E-state index contributed by atoms with van der Waals surface area (Å²) in [6.45, 7) is 3.16. The summed E-state index contributed by atoms with van der Waals surface area (Å²) in [5.74, 6) is -2.98. The summed E-state index contributed by atoms with van der Waals surface area (Å²) in [7, 11) is 0. The molecule has 4 heteroatoms. The molecule has 1 aliphatic rings. The largest absolute Gasteiger partial charge is 0.296 e. The van der Waals surface area contributed by atoms with E-state index >= 15 is 8.78 Å². The first-order valence-corrected chi connectivity index (χ1v) is 7.22. The van der Waals surface area contributed by atoms with Gasteiger partial charge in [-0.15, -0.1) is 35.4 Å². The zero-order valence-corrected chi connectivity index (χ0v) is 15.1. The van der Waals surface area contributed by atoms with Crippen LogP contribution in [-0.2, 0) is 31.4 Å². The van der Waals surface area contributed by atoms with Gasteiger partial charge >= 0.3 is 0 Å².